The van der Waals surface area contributed by atoms with Crippen LogP contribution in [0.15, 0.2) is 121 Å². The summed E-state index contributed by atoms with van der Waals surface area (Å²) >= 11 is 0. The Morgan fingerprint density at radius 1 is 0.771 bits per heavy atom. The van der Waals surface area contributed by atoms with Gasteiger partial charge >= 0.3 is 0 Å². The molecule has 0 unspecified atom stereocenters. The highest BCUT2D eigenvalue weighted by Crippen LogP contribution is 2.50. The van der Waals surface area contributed by atoms with Gasteiger partial charge in [0.05, 0.1) is 19.3 Å². The number of benzene rings is 4. The van der Waals surface area contributed by atoms with Crippen LogP contribution in [0.2, 0.25) is 5.04 Å². The maximum atomic E-state index is 7.24. The normalized spacial score (nSPS) is 21.6. The summed E-state index contributed by atoms with van der Waals surface area (Å²) in [7, 11) is -2.54. The summed E-state index contributed by atoms with van der Waals surface area (Å²) in [5, 5.41) is 5.01. The molecule has 5 nitrogen and oxygen atoms in total. The van der Waals surface area contributed by atoms with E-state index in [2.05, 4.69) is 129 Å². The largest absolute Gasteiger partial charge is 0.407 e. The van der Waals surface area contributed by atoms with Crippen molar-refractivity contribution in [2.75, 3.05) is 20.0 Å². The molecule has 0 N–H and O–H groups in total. The summed E-state index contributed by atoms with van der Waals surface area (Å²) in [6.45, 7) is 9.26. The minimum Gasteiger partial charge on any atom is -0.407 e. The highest BCUT2D eigenvalue weighted by atomic mass is 28.4. The lowest BCUT2D eigenvalue weighted by Gasteiger charge is -2.45. The number of ether oxygens (including phenoxy) is 2. The molecule has 0 spiro atoms. The second-order valence-electron chi connectivity index (χ2n) is 14.6. The topological polar surface area (TPSA) is 40.2 Å². The van der Waals surface area contributed by atoms with Crippen molar-refractivity contribution in [1.82, 2.24) is 5.06 Å². The lowest BCUT2D eigenvalue weighted by atomic mass is 9.78. The van der Waals surface area contributed by atoms with Gasteiger partial charge in [-0.2, -0.15) is 5.06 Å². The number of rotatable bonds is 15. The molecular formula is C42H53NO4Si. The zero-order chi connectivity index (χ0) is 33.3. The summed E-state index contributed by atoms with van der Waals surface area (Å²) in [4.78, 5) is 6.85. The Bertz CT molecular complexity index is 1480. The lowest BCUT2D eigenvalue weighted by molar-refractivity contribution is -0.244. The zero-order valence-corrected chi connectivity index (χ0v) is 30.1. The molecule has 6 rings (SSSR count). The third-order valence-corrected chi connectivity index (χ3v) is 15.4. The Morgan fingerprint density at radius 3 is 2.00 bits per heavy atom. The van der Waals surface area contributed by atoms with Gasteiger partial charge in [-0.15, -0.1) is 0 Å². The second kappa shape index (κ2) is 16.1. The molecule has 2 heterocycles. The SMILES string of the molecule is CC(C)(C)[Si](OCCCC[C@@]12CCC[C@@H](COCOCc3ccccc3)N1O[C@@H](c1ccccc1)C2)(c1ccccc1)c1ccccc1. The molecule has 4 aromatic rings. The van der Waals surface area contributed by atoms with Gasteiger partial charge in [0.2, 0.25) is 0 Å². The predicted octanol–water partition coefficient (Wildman–Crippen LogP) is 8.59. The molecule has 0 bridgehead atoms. The first-order valence-corrected chi connectivity index (χ1v) is 19.8. The Kier molecular flexibility index (Phi) is 11.6. The molecule has 6 heteroatoms. The standard InChI is InChI=1S/C42H53NO4Si/c1-41(2,3)48(38-24-12-6-13-25-38,39-26-14-7-15-27-39)46-30-17-16-28-42-29-18-23-37(33-45-34-44-32-35-19-8-4-9-20-35)43(42)47-40(31-42)36-21-10-5-11-22-36/h4-15,19-22,24-27,37,40H,16-18,23,28-34H2,1-3H3/t37-,40+,42-/m0/s1. The number of hydroxylamine groups is 2. The van der Waals surface area contributed by atoms with Crippen molar-refractivity contribution in [2.45, 2.75) is 95.0 Å². The molecule has 2 fully saturated rings. The van der Waals surface area contributed by atoms with Crippen molar-refractivity contribution in [3.8, 4) is 0 Å². The Labute approximate surface area is 289 Å². The average Bonchev–Trinajstić information content (AvgIpc) is 3.51. The first kappa shape index (κ1) is 34.7. The fraction of sp³-hybridized carbons (Fsp3) is 0.429. The number of hydrogen-bond donors (Lipinski definition) is 0. The fourth-order valence-corrected chi connectivity index (χ4v) is 12.7. The summed E-state index contributed by atoms with van der Waals surface area (Å²) in [6.07, 6.45) is 7.66. The molecule has 48 heavy (non-hydrogen) atoms. The van der Waals surface area contributed by atoms with Gasteiger partial charge in [-0.1, -0.05) is 142 Å². The highest BCUT2D eigenvalue weighted by molar-refractivity contribution is 6.99. The summed E-state index contributed by atoms with van der Waals surface area (Å²) in [5.74, 6) is 0. The van der Waals surface area contributed by atoms with Crippen LogP contribution < -0.4 is 10.4 Å². The number of unbranched alkanes of at least 4 members (excludes halogenated alkanes) is 1. The van der Waals surface area contributed by atoms with E-state index in [-0.39, 0.29) is 29.5 Å². The van der Waals surface area contributed by atoms with Gasteiger partial charge in [-0.3, -0.25) is 4.84 Å². The summed E-state index contributed by atoms with van der Waals surface area (Å²) in [5.41, 5.74) is 2.41. The van der Waals surface area contributed by atoms with Crippen molar-refractivity contribution in [1.29, 1.82) is 0 Å². The second-order valence-corrected chi connectivity index (χ2v) is 18.9. The Morgan fingerprint density at radius 2 is 1.38 bits per heavy atom. The number of fused-ring (bicyclic) bond motifs is 1. The molecule has 3 atom stereocenters. The van der Waals surface area contributed by atoms with Gasteiger partial charge in [-0.25, -0.2) is 0 Å². The van der Waals surface area contributed by atoms with Crippen LogP contribution in [0.4, 0.5) is 0 Å². The lowest BCUT2D eigenvalue weighted by Crippen LogP contribution is -2.66. The van der Waals surface area contributed by atoms with Crippen LogP contribution in [0.25, 0.3) is 0 Å². The van der Waals surface area contributed by atoms with Gasteiger partial charge < -0.3 is 13.9 Å². The van der Waals surface area contributed by atoms with E-state index in [9.17, 15) is 0 Å². The minimum absolute atomic E-state index is 0.00488. The van der Waals surface area contributed by atoms with E-state index in [0.29, 0.717) is 13.2 Å². The summed E-state index contributed by atoms with van der Waals surface area (Å²) in [6, 6.07) is 43.2. The molecule has 2 saturated heterocycles. The monoisotopic (exact) mass is 663 g/mol. The number of nitrogens with zero attached hydrogens (tertiary/aromatic N) is 1. The van der Waals surface area contributed by atoms with Crippen LogP contribution in [-0.2, 0) is 25.3 Å². The molecule has 254 valence electrons. The van der Waals surface area contributed by atoms with Crippen LogP contribution in [-0.4, -0.2) is 45.0 Å². The molecule has 0 aromatic heterocycles. The Balaban J connectivity index is 1.12. The summed E-state index contributed by atoms with van der Waals surface area (Å²) < 4.78 is 19.2. The highest BCUT2D eigenvalue weighted by Gasteiger charge is 2.52. The van der Waals surface area contributed by atoms with Gasteiger partial charge in [-0.05, 0) is 65.1 Å². The van der Waals surface area contributed by atoms with Crippen LogP contribution in [0.3, 0.4) is 0 Å². The smallest absolute Gasteiger partial charge is 0.261 e. The van der Waals surface area contributed by atoms with E-state index < -0.39 is 8.32 Å². The Hall–Kier alpha value is -3.10. The van der Waals surface area contributed by atoms with Crippen molar-refractivity contribution < 1.29 is 18.7 Å². The van der Waals surface area contributed by atoms with Crippen LogP contribution in [0, 0.1) is 0 Å². The van der Waals surface area contributed by atoms with Gasteiger partial charge in [0, 0.05) is 18.6 Å². The molecule has 0 aliphatic carbocycles. The maximum absolute atomic E-state index is 7.24. The van der Waals surface area contributed by atoms with Crippen LogP contribution in [0.1, 0.15) is 82.9 Å². The third kappa shape index (κ3) is 7.86. The van der Waals surface area contributed by atoms with E-state index in [4.69, 9.17) is 18.7 Å². The number of hydrogen-bond acceptors (Lipinski definition) is 5. The van der Waals surface area contributed by atoms with Crippen molar-refractivity contribution >= 4 is 18.7 Å². The van der Waals surface area contributed by atoms with Crippen molar-refractivity contribution in [2.24, 2.45) is 0 Å². The fourth-order valence-electron chi connectivity index (χ4n) is 8.05. The van der Waals surface area contributed by atoms with E-state index in [1.165, 1.54) is 22.4 Å². The molecule has 0 saturated carbocycles. The van der Waals surface area contributed by atoms with Crippen LogP contribution >= 0.6 is 0 Å². The molecule has 2 aliphatic heterocycles. The first-order valence-electron chi connectivity index (χ1n) is 17.9. The van der Waals surface area contributed by atoms with Crippen LogP contribution in [0.5, 0.6) is 0 Å². The molecule has 0 radical (unpaired) electrons. The van der Waals surface area contributed by atoms with Gasteiger partial charge in [0.25, 0.3) is 8.32 Å². The molecule has 2 aliphatic rings. The van der Waals surface area contributed by atoms with E-state index >= 15 is 0 Å². The van der Waals surface area contributed by atoms with Crippen molar-refractivity contribution in [3.05, 3.63) is 132 Å². The third-order valence-electron chi connectivity index (χ3n) is 10.3. The van der Waals surface area contributed by atoms with Gasteiger partial charge in [0.1, 0.15) is 12.9 Å². The quantitative estimate of drug-likeness (QED) is 0.0724. The maximum Gasteiger partial charge on any atom is 0.261 e. The molecule has 4 aromatic carbocycles. The predicted molar refractivity (Wildman–Crippen MR) is 197 cm³/mol. The van der Waals surface area contributed by atoms with Crippen molar-refractivity contribution in [3.63, 3.8) is 0 Å². The zero-order valence-electron chi connectivity index (χ0n) is 29.1. The average molecular weight is 664 g/mol. The minimum atomic E-state index is -2.54. The van der Waals surface area contributed by atoms with E-state index in [1.807, 2.05) is 18.2 Å². The first-order chi connectivity index (χ1) is 23.4. The van der Waals surface area contributed by atoms with Gasteiger partial charge in [0.15, 0.2) is 0 Å². The molecule has 0 amide bonds. The van der Waals surface area contributed by atoms with E-state index in [0.717, 1.165) is 50.7 Å². The molecular weight excluding hydrogens is 611 g/mol. The van der Waals surface area contributed by atoms with E-state index in [1.54, 1.807) is 0 Å². The number of piperidine rings is 1.